The zero-order valence-corrected chi connectivity index (χ0v) is 15.8. The van der Waals surface area contributed by atoms with Crippen molar-refractivity contribution in [2.75, 3.05) is 26.2 Å². The number of carbonyl (C=O) groups excluding carboxylic acids is 1. The first-order valence-corrected chi connectivity index (χ1v) is 8.95. The molecule has 2 saturated heterocycles. The summed E-state index contributed by atoms with van der Waals surface area (Å²) in [5, 5.41) is 8.54. The van der Waals surface area contributed by atoms with Crippen molar-refractivity contribution in [3.63, 3.8) is 0 Å². The molecule has 0 spiro atoms. The van der Waals surface area contributed by atoms with Gasteiger partial charge in [0.2, 0.25) is 5.91 Å². The summed E-state index contributed by atoms with van der Waals surface area (Å²) >= 11 is 1.84. The highest BCUT2D eigenvalue weighted by molar-refractivity contribution is 7.09. The third kappa shape index (κ3) is 6.24. The Morgan fingerprint density at radius 2 is 2.09 bits per heavy atom. The molecule has 1 aromatic heterocycles. The first-order valence-electron chi connectivity index (χ1n) is 8.07. The number of hydrogen-bond acceptors (Lipinski definition) is 4. The second-order valence-electron chi connectivity index (χ2n) is 6.19. The average molecular weight is 380 g/mol. The van der Waals surface area contributed by atoms with Crippen molar-refractivity contribution < 1.29 is 4.79 Å². The minimum absolute atomic E-state index is 0. The molecule has 2 N–H and O–H groups in total. The molecule has 1 unspecified atom stereocenters. The molecule has 2 aliphatic heterocycles. The predicted molar refractivity (Wildman–Crippen MR) is 101 cm³/mol. The van der Waals surface area contributed by atoms with Gasteiger partial charge in [0.1, 0.15) is 0 Å². The maximum absolute atomic E-state index is 12.0. The Hall–Kier alpha value is -0.330. The number of thiophene rings is 1. The predicted octanol–water partition coefficient (Wildman–Crippen LogP) is 2.67. The standard InChI is InChI=1S/C16H25N3OS.2ClH/c20-16(15-4-1-7-17-15)18-11-13-5-8-19(9-6-13)12-14-3-2-10-21-14;;/h2-3,10,13,15,17H,1,4-9,11-12H2,(H,18,20);2*1H. The molecular formula is C16H27Cl2N3OS. The van der Waals surface area contributed by atoms with E-state index in [1.807, 2.05) is 11.3 Å². The lowest BCUT2D eigenvalue weighted by atomic mass is 9.96. The van der Waals surface area contributed by atoms with Gasteiger partial charge in [-0.2, -0.15) is 0 Å². The summed E-state index contributed by atoms with van der Waals surface area (Å²) in [7, 11) is 0. The first kappa shape index (κ1) is 20.7. The summed E-state index contributed by atoms with van der Waals surface area (Å²) in [6, 6.07) is 4.40. The van der Waals surface area contributed by atoms with Crippen LogP contribution >= 0.6 is 36.2 Å². The number of piperidine rings is 1. The van der Waals surface area contributed by atoms with Crippen LogP contribution in [0, 0.1) is 5.92 Å². The van der Waals surface area contributed by atoms with Gasteiger partial charge in [-0.05, 0) is 62.7 Å². The molecule has 4 nitrogen and oxygen atoms in total. The smallest absolute Gasteiger partial charge is 0.237 e. The van der Waals surface area contributed by atoms with E-state index in [2.05, 4.69) is 33.0 Å². The molecule has 2 fully saturated rings. The Morgan fingerprint density at radius 3 is 2.70 bits per heavy atom. The minimum Gasteiger partial charge on any atom is -0.354 e. The lowest BCUT2D eigenvalue weighted by Crippen LogP contribution is -2.44. The van der Waals surface area contributed by atoms with Crippen molar-refractivity contribution in [3.05, 3.63) is 22.4 Å². The number of nitrogens with one attached hydrogen (secondary N) is 2. The van der Waals surface area contributed by atoms with Gasteiger partial charge in [0.05, 0.1) is 6.04 Å². The number of likely N-dealkylation sites (tertiary alicyclic amines) is 1. The van der Waals surface area contributed by atoms with E-state index in [1.165, 1.54) is 17.7 Å². The van der Waals surface area contributed by atoms with Gasteiger partial charge in [-0.25, -0.2) is 0 Å². The third-order valence-electron chi connectivity index (χ3n) is 4.61. The molecule has 0 aromatic carbocycles. The number of halogens is 2. The lowest BCUT2D eigenvalue weighted by Gasteiger charge is -2.31. The fourth-order valence-electron chi connectivity index (χ4n) is 3.25. The molecule has 1 aromatic rings. The van der Waals surface area contributed by atoms with E-state index < -0.39 is 0 Å². The van der Waals surface area contributed by atoms with E-state index in [0.717, 1.165) is 45.6 Å². The van der Waals surface area contributed by atoms with Crippen molar-refractivity contribution in [1.82, 2.24) is 15.5 Å². The average Bonchev–Trinajstić information content (AvgIpc) is 3.19. The summed E-state index contributed by atoms with van der Waals surface area (Å²) in [4.78, 5) is 16.0. The van der Waals surface area contributed by atoms with Crippen molar-refractivity contribution >= 4 is 42.1 Å². The molecule has 23 heavy (non-hydrogen) atoms. The van der Waals surface area contributed by atoms with E-state index in [1.54, 1.807) is 0 Å². The van der Waals surface area contributed by atoms with E-state index in [9.17, 15) is 4.79 Å². The second-order valence-corrected chi connectivity index (χ2v) is 7.23. The van der Waals surface area contributed by atoms with Crippen LogP contribution in [0.3, 0.4) is 0 Å². The molecule has 3 rings (SSSR count). The van der Waals surface area contributed by atoms with Crippen molar-refractivity contribution in [2.24, 2.45) is 5.92 Å². The number of amides is 1. The summed E-state index contributed by atoms with van der Waals surface area (Å²) in [5.74, 6) is 0.850. The fraction of sp³-hybridized carbons (Fsp3) is 0.688. The van der Waals surface area contributed by atoms with Gasteiger partial charge >= 0.3 is 0 Å². The highest BCUT2D eigenvalue weighted by Gasteiger charge is 2.24. The Morgan fingerprint density at radius 1 is 1.30 bits per heavy atom. The molecule has 1 atom stereocenters. The van der Waals surface area contributed by atoms with Gasteiger partial charge in [-0.15, -0.1) is 36.2 Å². The van der Waals surface area contributed by atoms with Gasteiger partial charge in [0.25, 0.3) is 0 Å². The molecule has 2 aliphatic rings. The molecule has 132 valence electrons. The number of rotatable bonds is 5. The first-order chi connectivity index (χ1) is 10.3. The maximum atomic E-state index is 12.0. The monoisotopic (exact) mass is 379 g/mol. The lowest BCUT2D eigenvalue weighted by molar-refractivity contribution is -0.123. The van der Waals surface area contributed by atoms with Crippen molar-refractivity contribution in [2.45, 2.75) is 38.3 Å². The van der Waals surface area contributed by atoms with Crippen LogP contribution in [0.5, 0.6) is 0 Å². The van der Waals surface area contributed by atoms with Crippen LogP contribution in [0.15, 0.2) is 17.5 Å². The summed E-state index contributed by atoms with van der Waals surface area (Å²) in [6.07, 6.45) is 4.51. The van der Waals surface area contributed by atoms with Crippen LogP contribution in [-0.4, -0.2) is 43.0 Å². The van der Waals surface area contributed by atoms with Crippen LogP contribution < -0.4 is 10.6 Å². The van der Waals surface area contributed by atoms with E-state index in [-0.39, 0.29) is 36.8 Å². The Labute approximate surface area is 155 Å². The Balaban J connectivity index is 0.00000132. The highest BCUT2D eigenvalue weighted by atomic mass is 35.5. The summed E-state index contributed by atoms with van der Waals surface area (Å²) in [6.45, 7) is 5.23. The molecular weight excluding hydrogens is 353 g/mol. The Kier molecular flexibility index (Phi) is 9.47. The molecule has 3 heterocycles. The summed E-state index contributed by atoms with van der Waals surface area (Å²) < 4.78 is 0. The van der Waals surface area contributed by atoms with Crippen molar-refractivity contribution in [3.8, 4) is 0 Å². The van der Waals surface area contributed by atoms with Gasteiger partial charge in [0, 0.05) is 18.0 Å². The van der Waals surface area contributed by atoms with Crippen molar-refractivity contribution in [1.29, 1.82) is 0 Å². The van der Waals surface area contributed by atoms with Crippen LogP contribution in [0.25, 0.3) is 0 Å². The van der Waals surface area contributed by atoms with Gasteiger partial charge in [-0.3, -0.25) is 9.69 Å². The highest BCUT2D eigenvalue weighted by Crippen LogP contribution is 2.20. The molecule has 7 heteroatoms. The molecule has 0 bridgehead atoms. The number of nitrogens with zero attached hydrogens (tertiary/aromatic N) is 1. The third-order valence-corrected chi connectivity index (χ3v) is 5.47. The zero-order valence-electron chi connectivity index (χ0n) is 13.3. The van der Waals surface area contributed by atoms with E-state index >= 15 is 0 Å². The fourth-order valence-corrected chi connectivity index (χ4v) is 3.99. The van der Waals surface area contributed by atoms with Gasteiger partial charge in [-0.1, -0.05) is 6.07 Å². The Bertz CT molecular complexity index is 444. The van der Waals surface area contributed by atoms with Crippen LogP contribution in [0.4, 0.5) is 0 Å². The number of hydrogen-bond donors (Lipinski definition) is 2. The quantitative estimate of drug-likeness (QED) is 0.826. The molecule has 0 radical (unpaired) electrons. The topological polar surface area (TPSA) is 44.4 Å². The van der Waals surface area contributed by atoms with E-state index in [4.69, 9.17) is 0 Å². The zero-order chi connectivity index (χ0) is 14.5. The van der Waals surface area contributed by atoms with Gasteiger partial charge in [0.15, 0.2) is 0 Å². The maximum Gasteiger partial charge on any atom is 0.237 e. The largest absolute Gasteiger partial charge is 0.354 e. The minimum atomic E-state index is 0. The normalized spacial score (nSPS) is 22.2. The molecule has 0 aliphatic carbocycles. The SMILES string of the molecule is Cl.Cl.O=C(NCC1CCN(Cc2cccs2)CC1)C1CCCN1. The van der Waals surface area contributed by atoms with Gasteiger partial charge < -0.3 is 10.6 Å². The number of carbonyl (C=O) groups is 1. The summed E-state index contributed by atoms with van der Waals surface area (Å²) in [5.41, 5.74) is 0. The second kappa shape index (κ2) is 10.5. The molecule has 1 amide bonds. The van der Waals surface area contributed by atoms with Crippen LogP contribution in [0.2, 0.25) is 0 Å². The van der Waals surface area contributed by atoms with Crippen LogP contribution in [-0.2, 0) is 11.3 Å². The van der Waals surface area contributed by atoms with Crippen LogP contribution in [0.1, 0.15) is 30.6 Å². The molecule has 0 saturated carbocycles. The van der Waals surface area contributed by atoms with E-state index in [0.29, 0.717) is 5.92 Å².